The maximum absolute atomic E-state index is 9.91. The van der Waals surface area contributed by atoms with Crippen molar-refractivity contribution < 1.29 is 5.11 Å². The van der Waals surface area contributed by atoms with E-state index >= 15 is 0 Å². The molecule has 0 radical (unpaired) electrons. The third kappa shape index (κ3) is 2.65. The minimum Gasteiger partial charge on any atom is -0.506 e. The van der Waals surface area contributed by atoms with Crippen LogP contribution in [-0.2, 0) is 6.42 Å². The number of hydrogen-bond acceptors (Lipinski definition) is 2. The van der Waals surface area contributed by atoms with Gasteiger partial charge in [0.25, 0.3) is 0 Å². The molecule has 0 spiro atoms. The predicted octanol–water partition coefficient (Wildman–Crippen LogP) is 4.22. The number of halogens is 1. The van der Waals surface area contributed by atoms with Gasteiger partial charge in [-0.3, -0.25) is 4.90 Å². The largest absolute Gasteiger partial charge is 0.506 e. The summed E-state index contributed by atoms with van der Waals surface area (Å²) >= 11 is 6.15. The molecule has 0 unspecified atom stereocenters. The average Bonchev–Trinajstić information content (AvgIpc) is 2.87. The molecular weight excluding hydrogens is 294 g/mol. The lowest BCUT2D eigenvalue weighted by Crippen LogP contribution is -2.35. The lowest BCUT2D eigenvalue weighted by molar-refractivity contribution is 0.256. The lowest BCUT2D eigenvalue weighted by Gasteiger charge is -2.29. The van der Waals surface area contributed by atoms with Gasteiger partial charge >= 0.3 is 0 Å². The molecule has 1 aliphatic rings. The fourth-order valence-electron chi connectivity index (χ4n) is 3.45. The van der Waals surface area contributed by atoms with Gasteiger partial charge in [0.05, 0.1) is 5.02 Å². The van der Waals surface area contributed by atoms with Crippen molar-refractivity contribution in [3.05, 3.63) is 76.8 Å². The second-order valence-electron chi connectivity index (χ2n) is 5.89. The van der Waals surface area contributed by atoms with Crippen LogP contribution in [0.2, 0.25) is 5.02 Å². The van der Waals surface area contributed by atoms with Crippen molar-refractivity contribution in [1.29, 1.82) is 0 Å². The quantitative estimate of drug-likeness (QED) is 0.854. The highest BCUT2D eigenvalue weighted by atomic mass is 35.5. The van der Waals surface area contributed by atoms with E-state index in [1.165, 1.54) is 16.7 Å². The first-order valence-corrected chi connectivity index (χ1v) is 7.87. The third-order valence-electron chi connectivity index (χ3n) is 4.50. The number of nitrogens with zero attached hydrogens (tertiary/aromatic N) is 1. The van der Waals surface area contributed by atoms with Gasteiger partial charge < -0.3 is 5.11 Å². The molecule has 1 N–H and O–H groups in total. The summed E-state index contributed by atoms with van der Waals surface area (Å²) in [6.45, 7) is 4.68. The highest BCUT2D eigenvalue weighted by molar-refractivity contribution is 6.32. The Balaban J connectivity index is 2.08. The third-order valence-corrected chi connectivity index (χ3v) is 4.80. The average molecular weight is 314 g/mol. The first kappa shape index (κ1) is 15.1. The zero-order chi connectivity index (χ0) is 15.7. The van der Waals surface area contributed by atoms with Crippen LogP contribution in [-0.4, -0.2) is 29.6 Å². The second kappa shape index (κ2) is 6.15. The zero-order valence-electron chi connectivity index (χ0n) is 12.7. The van der Waals surface area contributed by atoms with Crippen LogP contribution in [0.15, 0.2) is 55.1 Å². The van der Waals surface area contributed by atoms with E-state index in [1.807, 2.05) is 24.3 Å². The molecule has 2 aromatic carbocycles. The summed E-state index contributed by atoms with van der Waals surface area (Å²) in [6, 6.07) is 14.6. The summed E-state index contributed by atoms with van der Waals surface area (Å²) in [5, 5.41) is 10.3. The smallest absolute Gasteiger partial charge is 0.134 e. The molecule has 2 nitrogen and oxygen atoms in total. The zero-order valence-corrected chi connectivity index (χ0v) is 13.4. The highest BCUT2D eigenvalue weighted by Gasteiger charge is 2.36. The summed E-state index contributed by atoms with van der Waals surface area (Å²) in [5.41, 5.74) is 3.68. The molecular formula is C19H20ClNO. The number of rotatable bonds is 4. The minimum atomic E-state index is 0.166. The van der Waals surface area contributed by atoms with Gasteiger partial charge in [-0.1, -0.05) is 48.0 Å². The topological polar surface area (TPSA) is 23.5 Å². The van der Waals surface area contributed by atoms with E-state index in [0.717, 1.165) is 13.0 Å². The van der Waals surface area contributed by atoms with E-state index in [0.29, 0.717) is 11.1 Å². The van der Waals surface area contributed by atoms with Gasteiger partial charge in [-0.25, -0.2) is 0 Å². The van der Waals surface area contributed by atoms with E-state index in [9.17, 15) is 5.11 Å². The number of hydrogen-bond donors (Lipinski definition) is 1. The number of aromatic hydroxyl groups is 1. The van der Waals surface area contributed by atoms with Crippen LogP contribution in [0.3, 0.4) is 0 Å². The molecule has 0 aromatic heterocycles. The first-order chi connectivity index (χ1) is 10.6. The summed E-state index contributed by atoms with van der Waals surface area (Å²) in [5.74, 6) is 0.429. The van der Waals surface area contributed by atoms with Crippen molar-refractivity contribution in [3.63, 3.8) is 0 Å². The molecule has 1 aliphatic carbocycles. The molecule has 0 saturated carbocycles. The molecule has 114 valence electrons. The summed E-state index contributed by atoms with van der Waals surface area (Å²) in [6.07, 6.45) is 2.83. The first-order valence-electron chi connectivity index (χ1n) is 7.49. The molecule has 22 heavy (non-hydrogen) atoms. The van der Waals surface area contributed by atoms with Gasteiger partial charge in [0.1, 0.15) is 5.75 Å². The van der Waals surface area contributed by atoms with Crippen LogP contribution in [0.1, 0.15) is 22.6 Å². The fraction of sp³-hybridized carbons (Fsp3) is 0.263. The molecule has 0 bridgehead atoms. The Labute approximate surface area is 136 Å². The maximum atomic E-state index is 9.91. The second-order valence-corrected chi connectivity index (χ2v) is 6.30. The number of phenols is 1. The van der Waals surface area contributed by atoms with Crippen LogP contribution >= 0.6 is 11.6 Å². The number of likely N-dealkylation sites (N-methyl/N-ethyl adjacent to an activating group) is 1. The Hall–Kier alpha value is -1.77. The van der Waals surface area contributed by atoms with E-state index in [2.05, 4.69) is 42.8 Å². The molecule has 3 heteroatoms. The molecule has 2 aromatic rings. The Bertz CT molecular complexity index is 683. The minimum absolute atomic E-state index is 0.166. The van der Waals surface area contributed by atoms with Crippen LogP contribution in [0.5, 0.6) is 5.75 Å². The van der Waals surface area contributed by atoms with Crippen LogP contribution in [0.4, 0.5) is 0 Å². The van der Waals surface area contributed by atoms with Crippen LogP contribution in [0.25, 0.3) is 0 Å². The van der Waals surface area contributed by atoms with E-state index in [-0.39, 0.29) is 11.7 Å². The van der Waals surface area contributed by atoms with Gasteiger partial charge in [-0.2, -0.15) is 0 Å². The molecule has 0 aliphatic heterocycles. The van der Waals surface area contributed by atoms with Crippen molar-refractivity contribution in [1.82, 2.24) is 4.90 Å². The Kier molecular flexibility index (Phi) is 4.23. The van der Waals surface area contributed by atoms with Crippen LogP contribution in [0, 0.1) is 0 Å². The van der Waals surface area contributed by atoms with E-state index in [4.69, 9.17) is 11.6 Å². The summed E-state index contributed by atoms with van der Waals surface area (Å²) in [7, 11) is 2.12. The van der Waals surface area contributed by atoms with Gasteiger partial charge in [0, 0.05) is 18.5 Å². The van der Waals surface area contributed by atoms with Crippen molar-refractivity contribution in [2.45, 2.75) is 18.4 Å². The van der Waals surface area contributed by atoms with Gasteiger partial charge in [-0.05, 0) is 42.3 Å². The molecule has 0 saturated heterocycles. The Morgan fingerprint density at radius 2 is 2.05 bits per heavy atom. The summed E-state index contributed by atoms with van der Waals surface area (Å²) in [4.78, 5) is 2.32. The Morgan fingerprint density at radius 1 is 1.32 bits per heavy atom. The molecule has 0 amide bonds. The highest BCUT2D eigenvalue weighted by Crippen LogP contribution is 2.43. The predicted molar refractivity (Wildman–Crippen MR) is 91.7 cm³/mol. The summed E-state index contributed by atoms with van der Waals surface area (Å²) < 4.78 is 0. The normalized spacial score (nSPS) is 20.1. The van der Waals surface area contributed by atoms with E-state index < -0.39 is 0 Å². The number of benzene rings is 2. The fourth-order valence-corrected chi connectivity index (χ4v) is 3.62. The van der Waals surface area contributed by atoms with Crippen molar-refractivity contribution in [2.24, 2.45) is 0 Å². The van der Waals surface area contributed by atoms with Crippen molar-refractivity contribution in [3.8, 4) is 5.75 Å². The number of phenolic OH excluding ortho intramolecular Hbond substituents is 1. The maximum Gasteiger partial charge on any atom is 0.134 e. The van der Waals surface area contributed by atoms with Crippen LogP contribution < -0.4 is 0 Å². The molecule has 2 atom stereocenters. The Morgan fingerprint density at radius 3 is 2.73 bits per heavy atom. The molecule has 0 fully saturated rings. The van der Waals surface area contributed by atoms with Crippen molar-refractivity contribution in [2.75, 3.05) is 13.6 Å². The monoisotopic (exact) mass is 313 g/mol. The standard InChI is InChI=1S/C19H20ClNO/c1-3-9-21(2)17-10-14-11-18(22)16(20)12-15(14)19(17)13-7-5-4-6-8-13/h3-8,11-12,17,19,22H,1,9-10H2,2H3/t17-,19-/m1/s1. The molecule has 0 heterocycles. The van der Waals surface area contributed by atoms with Gasteiger partial charge in [0.2, 0.25) is 0 Å². The SMILES string of the molecule is C=CCN(C)[C@@H]1Cc2cc(O)c(Cl)cc2[C@H]1c1ccccc1. The number of fused-ring (bicyclic) bond motifs is 1. The molecule has 3 rings (SSSR count). The van der Waals surface area contributed by atoms with Gasteiger partial charge in [-0.15, -0.1) is 6.58 Å². The van der Waals surface area contributed by atoms with E-state index in [1.54, 1.807) is 0 Å². The van der Waals surface area contributed by atoms with Crippen molar-refractivity contribution >= 4 is 11.6 Å². The lowest BCUT2D eigenvalue weighted by atomic mass is 9.89. The van der Waals surface area contributed by atoms with Gasteiger partial charge in [0.15, 0.2) is 0 Å².